The number of rotatable bonds is 10. The highest BCUT2D eigenvalue weighted by Gasteiger charge is 2.55. The SMILES string of the molecule is COc1ccc([C@@H]2CN(Cc3ccccc3)C[C@@]2(C)C(=O)C2C(=O)OCC2c2ccccc2)cc1OCC1CC1. The molecule has 3 aromatic carbocycles. The predicted octanol–water partition coefficient (Wildman–Crippen LogP) is 5.62. The van der Waals surface area contributed by atoms with Gasteiger partial charge in [0.05, 0.1) is 20.3 Å². The summed E-state index contributed by atoms with van der Waals surface area (Å²) in [5.41, 5.74) is 2.40. The maximum Gasteiger partial charge on any atom is 0.317 e. The van der Waals surface area contributed by atoms with Crippen LogP contribution >= 0.6 is 0 Å². The summed E-state index contributed by atoms with van der Waals surface area (Å²) in [4.78, 5) is 30.0. The highest BCUT2D eigenvalue weighted by Crippen LogP contribution is 2.49. The number of ketones is 1. The van der Waals surface area contributed by atoms with E-state index in [1.807, 2.05) is 73.7 Å². The number of carbonyl (C=O) groups excluding carboxylic acids is 2. The number of Topliss-reactive ketones (excluding diaryl/α,β-unsaturated/α-hetero) is 1. The third-order valence-electron chi connectivity index (χ3n) is 8.91. The fourth-order valence-corrected chi connectivity index (χ4v) is 6.45. The van der Waals surface area contributed by atoms with Crippen LogP contribution < -0.4 is 9.47 Å². The van der Waals surface area contributed by atoms with Crippen molar-refractivity contribution in [2.45, 2.75) is 38.1 Å². The molecular formula is C34H37NO5. The Morgan fingerprint density at radius 1 is 0.975 bits per heavy atom. The van der Waals surface area contributed by atoms with Gasteiger partial charge in [-0.15, -0.1) is 0 Å². The van der Waals surface area contributed by atoms with Crippen molar-refractivity contribution in [3.63, 3.8) is 0 Å². The molecule has 0 N–H and O–H groups in total. The number of esters is 1. The molecule has 2 saturated heterocycles. The summed E-state index contributed by atoms with van der Waals surface area (Å²) in [5, 5.41) is 0. The minimum atomic E-state index is -0.824. The van der Waals surface area contributed by atoms with Gasteiger partial charge in [0.2, 0.25) is 0 Å². The van der Waals surface area contributed by atoms with Gasteiger partial charge in [-0.25, -0.2) is 0 Å². The van der Waals surface area contributed by atoms with Gasteiger partial charge in [-0.1, -0.05) is 73.7 Å². The zero-order valence-electron chi connectivity index (χ0n) is 23.3. The van der Waals surface area contributed by atoms with Gasteiger partial charge in [-0.05, 0) is 47.6 Å². The van der Waals surface area contributed by atoms with E-state index in [9.17, 15) is 9.59 Å². The average Bonchev–Trinajstić information content (AvgIpc) is 3.65. The maximum absolute atomic E-state index is 14.6. The van der Waals surface area contributed by atoms with E-state index in [0.29, 0.717) is 37.1 Å². The summed E-state index contributed by atoms with van der Waals surface area (Å²) in [6.07, 6.45) is 2.40. The molecule has 208 valence electrons. The van der Waals surface area contributed by atoms with E-state index >= 15 is 0 Å². The highest BCUT2D eigenvalue weighted by atomic mass is 16.5. The van der Waals surface area contributed by atoms with Crippen molar-refractivity contribution >= 4 is 11.8 Å². The molecule has 1 aliphatic carbocycles. The molecule has 6 rings (SSSR count). The molecule has 3 fully saturated rings. The molecule has 0 radical (unpaired) electrons. The Bertz CT molecular complexity index is 1360. The molecular weight excluding hydrogens is 502 g/mol. The van der Waals surface area contributed by atoms with E-state index < -0.39 is 17.3 Å². The Morgan fingerprint density at radius 3 is 2.40 bits per heavy atom. The summed E-state index contributed by atoms with van der Waals surface area (Å²) < 4.78 is 17.3. The van der Waals surface area contributed by atoms with Crippen molar-refractivity contribution in [2.75, 3.05) is 33.4 Å². The first-order valence-electron chi connectivity index (χ1n) is 14.3. The van der Waals surface area contributed by atoms with Gasteiger partial charge in [0.25, 0.3) is 0 Å². The van der Waals surface area contributed by atoms with Crippen molar-refractivity contribution in [1.29, 1.82) is 0 Å². The lowest BCUT2D eigenvalue weighted by Gasteiger charge is -2.33. The lowest BCUT2D eigenvalue weighted by atomic mass is 9.67. The maximum atomic E-state index is 14.6. The standard InChI is InChI=1S/C34H37NO5/c1-34(32(36)31-27(21-40-33(31)37)25-11-7-4-8-12-25)22-35(18-23-9-5-3-6-10-23)19-28(34)26-15-16-29(38-2)30(17-26)39-20-24-13-14-24/h3-12,15-17,24,27-28,31H,13-14,18-22H2,1-2H3/t27?,28-,31?,34+/m0/s1. The summed E-state index contributed by atoms with van der Waals surface area (Å²) >= 11 is 0. The summed E-state index contributed by atoms with van der Waals surface area (Å²) in [5.74, 6) is 0.333. The fourth-order valence-electron chi connectivity index (χ4n) is 6.45. The van der Waals surface area contributed by atoms with Crippen LogP contribution in [0.2, 0.25) is 0 Å². The first-order valence-corrected chi connectivity index (χ1v) is 14.3. The van der Waals surface area contributed by atoms with Crippen LogP contribution in [0.15, 0.2) is 78.9 Å². The Balaban J connectivity index is 1.35. The second kappa shape index (κ2) is 11.1. The molecule has 6 heteroatoms. The molecule has 4 atom stereocenters. The predicted molar refractivity (Wildman–Crippen MR) is 152 cm³/mol. The number of cyclic esters (lactones) is 1. The normalized spacial score (nSPS) is 26.4. The molecule has 2 unspecified atom stereocenters. The number of nitrogens with zero attached hydrogens (tertiary/aromatic N) is 1. The van der Waals surface area contributed by atoms with Crippen molar-refractivity contribution < 1.29 is 23.8 Å². The molecule has 0 bridgehead atoms. The van der Waals surface area contributed by atoms with E-state index in [1.165, 1.54) is 18.4 Å². The number of benzene rings is 3. The Labute approximate surface area is 236 Å². The minimum Gasteiger partial charge on any atom is -0.493 e. The van der Waals surface area contributed by atoms with Crippen LogP contribution in [0.4, 0.5) is 0 Å². The number of carbonyl (C=O) groups is 2. The molecule has 2 aliphatic heterocycles. The van der Waals surface area contributed by atoms with Gasteiger partial charge in [0.1, 0.15) is 5.92 Å². The first-order chi connectivity index (χ1) is 19.5. The monoisotopic (exact) mass is 539 g/mol. The topological polar surface area (TPSA) is 65.1 Å². The van der Waals surface area contributed by atoms with Gasteiger partial charge >= 0.3 is 5.97 Å². The van der Waals surface area contributed by atoms with Crippen molar-refractivity contribution in [1.82, 2.24) is 4.90 Å². The van der Waals surface area contributed by atoms with Crippen molar-refractivity contribution in [3.8, 4) is 11.5 Å². The second-order valence-electron chi connectivity index (χ2n) is 11.8. The zero-order chi connectivity index (χ0) is 27.7. The van der Waals surface area contributed by atoms with Crippen LogP contribution in [0.3, 0.4) is 0 Å². The number of methoxy groups -OCH3 is 1. The Kier molecular flexibility index (Phi) is 7.37. The molecule has 6 nitrogen and oxygen atoms in total. The quantitative estimate of drug-likeness (QED) is 0.246. The van der Waals surface area contributed by atoms with Gasteiger partial charge in [-0.2, -0.15) is 0 Å². The lowest BCUT2D eigenvalue weighted by Crippen LogP contribution is -2.42. The number of likely N-dealkylation sites (tertiary alicyclic amines) is 1. The number of ether oxygens (including phenoxy) is 3. The summed E-state index contributed by atoms with van der Waals surface area (Å²) in [6, 6.07) is 26.2. The summed E-state index contributed by atoms with van der Waals surface area (Å²) in [7, 11) is 1.65. The molecule has 40 heavy (non-hydrogen) atoms. The first kappa shape index (κ1) is 26.6. The molecule has 3 aliphatic rings. The van der Waals surface area contributed by atoms with E-state index in [2.05, 4.69) is 17.0 Å². The van der Waals surface area contributed by atoms with Crippen LogP contribution in [0.5, 0.6) is 11.5 Å². The van der Waals surface area contributed by atoms with Crippen LogP contribution in [-0.2, 0) is 20.9 Å². The lowest BCUT2D eigenvalue weighted by molar-refractivity contribution is -0.147. The molecule has 0 aromatic heterocycles. The number of hydrogen-bond donors (Lipinski definition) is 0. The smallest absolute Gasteiger partial charge is 0.317 e. The molecule has 0 spiro atoms. The van der Waals surface area contributed by atoms with Crippen molar-refractivity contribution in [2.24, 2.45) is 17.3 Å². The van der Waals surface area contributed by atoms with Crippen LogP contribution in [-0.4, -0.2) is 50.1 Å². The Morgan fingerprint density at radius 2 is 1.70 bits per heavy atom. The average molecular weight is 540 g/mol. The second-order valence-corrected chi connectivity index (χ2v) is 11.8. The largest absolute Gasteiger partial charge is 0.493 e. The van der Waals surface area contributed by atoms with E-state index in [1.54, 1.807) is 7.11 Å². The molecule has 0 amide bonds. The highest BCUT2D eigenvalue weighted by molar-refractivity contribution is 6.04. The van der Waals surface area contributed by atoms with E-state index in [0.717, 1.165) is 17.7 Å². The molecule has 2 heterocycles. The third kappa shape index (κ3) is 5.25. The van der Waals surface area contributed by atoms with Crippen LogP contribution in [0, 0.1) is 17.3 Å². The van der Waals surface area contributed by atoms with Gasteiger partial charge in [0, 0.05) is 36.9 Å². The Hall–Kier alpha value is -3.64. The van der Waals surface area contributed by atoms with E-state index in [-0.39, 0.29) is 24.2 Å². The number of hydrogen-bond acceptors (Lipinski definition) is 6. The van der Waals surface area contributed by atoms with Crippen LogP contribution in [0.1, 0.15) is 48.3 Å². The van der Waals surface area contributed by atoms with E-state index in [4.69, 9.17) is 14.2 Å². The minimum absolute atomic E-state index is 0.0410. The van der Waals surface area contributed by atoms with Gasteiger partial charge < -0.3 is 14.2 Å². The fraction of sp³-hybridized carbons (Fsp3) is 0.412. The van der Waals surface area contributed by atoms with Gasteiger partial charge in [0.15, 0.2) is 17.3 Å². The third-order valence-corrected chi connectivity index (χ3v) is 8.91. The summed E-state index contributed by atoms with van der Waals surface area (Å²) in [6.45, 7) is 4.93. The zero-order valence-corrected chi connectivity index (χ0v) is 23.3. The van der Waals surface area contributed by atoms with Crippen LogP contribution in [0.25, 0.3) is 0 Å². The molecule has 1 saturated carbocycles. The molecule has 3 aromatic rings. The van der Waals surface area contributed by atoms with Gasteiger partial charge in [-0.3, -0.25) is 14.5 Å². The van der Waals surface area contributed by atoms with Crippen molar-refractivity contribution in [3.05, 3.63) is 95.6 Å².